The molecule has 0 aromatic heterocycles. The van der Waals surface area contributed by atoms with Crippen LogP contribution in [0.2, 0.25) is 0 Å². The molecule has 0 rings (SSSR count). The second kappa shape index (κ2) is 13.1. The van der Waals surface area contributed by atoms with Crippen LogP contribution in [0.15, 0.2) is 0 Å². The molecule has 0 saturated heterocycles. The van der Waals surface area contributed by atoms with Crippen LogP contribution in [0.5, 0.6) is 0 Å². The predicted molar refractivity (Wildman–Crippen MR) is 104 cm³/mol. The zero-order chi connectivity index (χ0) is 19.3. The first-order chi connectivity index (χ1) is 11.9. The van der Waals surface area contributed by atoms with Crippen molar-refractivity contribution in [1.29, 1.82) is 0 Å². The third-order valence-corrected chi connectivity index (χ3v) is 6.23. The van der Waals surface area contributed by atoms with Crippen LogP contribution in [0.3, 0.4) is 0 Å². The van der Waals surface area contributed by atoms with Crippen molar-refractivity contribution in [3.8, 4) is 0 Å². The molecular weight excluding hydrogens is 316 g/mol. The van der Waals surface area contributed by atoms with E-state index in [1.165, 1.54) is 0 Å². The second-order valence-electron chi connectivity index (χ2n) is 8.03. The van der Waals surface area contributed by atoms with E-state index in [0.29, 0.717) is 24.7 Å². The van der Waals surface area contributed by atoms with Crippen LogP contribution in [-0.4, -0.2) is 45.8 Å². The fourth-order valence-corrected chi connectivity index (χ4v) is 3.95. The molecule has 4 N–H and O–H groups in total. The van der Waals surface area contributed by atoms with Gasteiger partial charge in [-0.05, 0) is 24.7 Å². The molecule has 0 aromatic carbocycles. The van der Waals surface area contributed by atoms with Gasteiger partial charge >= 0.3 is 0 Å². The van der Waals surface area contributed by atoms with Crippen LogP contribution in [0.4, 0.5) is 0 Å². The lowest BCUT2D eigenvalue weighted by Gasteiger charge is -2.47. The van der Waals surface area contributed by atoms with Gasteiger partial charge in [0.25, 0.3) is 0 Å². The maximum atomic E-state index is 11.6. The smallest absolute Gasteiger partial charge is 0.0775 e. The summed E-state index contributed by atoms with van der Waals surface area (Å²) >= 11 is 0. The van der Waals surface area contributed by atoms with Crippen molar-refractivity contribution in [1.82, 2.24) is 0 Å². The minimum absolute atomic E-state index is 0.345. The van der Waals surface area contributed by atoms with E-state index in [9.17, 15) is 20.4 Å². The number of hydrogen-bond acceptors (Lipinski definition) is 4. The molecule has 2 atom stereocenters. The van der Waals surface area contributed by atoms with Crippen LogP contribution in [0, 0.1) is 17.3 Å². The molecule has 0 aliphatic rings. The molecule has 0 heterocycles. The van der Waals surface area contributed by atoms with Gasteiger partial charge in [0, 0.05) is 0 Å². The van der Waals surface area contributed by atoms with Gasteiger partial charge in [-0.25, -0.2) is 0 Å². The van der Waals surface area contributed by atoms with Crippen molar-refractivity contribution >= 4 is 0 Å². The van der Waals surface area contributed by atoms with Crippen LogP contribution in [-0.2, 0) is 0 Å². The minimum Gasteiger partial charge on any atom is -0.395 e. The average Bonchev–Trinajstić information content (AvgIpc) is 2.63. The maximum Gasteiger partial charge on any atom is 0.0775 e. The molecule has 0 fully saturated rings. The molecule has 0 aliphatic carbocycles. The summed E-state index contributed by atoms with van der Waals surface area (Å²) in [6.45, 7) is 7.40. The van der Waals surface area contributed by atoms with Crippen LogP contribution in [0.1, 0.15) is 91.9 Å². The monoisotopic (exact) mass is 360 g/mol. The minimum atomic E-state index is -1.24. The Bertz CT molecular complexity index is 289. The van der Waals surface area contributed by atoms with Gasteiger partial charge in [-0.1, -0.05) is 79.1 Å². The first-order valence-corrected chi connectivity index (χ1v) is 10.5. The predicted octanol–water partition coefficient (Wildman–Crippen LogP) is 3.89. The Morgan fingerprint density at radius 1 is 0.680 bits per heavy atom. The van der Waals surface area contributed by atoms with Crippen molar-refractivity contribution in [3.05, 3.63) is 0 Å². The molecule has 25 heavy (non-hydrogen) atoms. The van der Waals surface area contributed by atoms with Crippen molar-refractivity contribution in [2.45, 2.75) is 97.5 Å². The highest BCUT2D eigenvalue weighted by Crippen LogP contribution is 2.43. The second-order valence-corrected chi connectivity index (χ2v) is 8.03. The Kier molecular flexibility index (Phi) is 13.0. The topological polar surface area (TPSA) is 80.9 Å². The highest BCUT2D eigenvalue weighted by Gasteiger charge is 2.50. The molecule has 0 aliphatic heterocycles. The van der Waals surface area contributed by atoms with Crippen molar-refractivity contribution in [2.75, 3.05) is 19.8 Å². The summed E-state index contributed by atoms with van der Waals surface area (Å²) in [7, 11) is 0. The first kappa shape index (κ1) is 24.8. The molecule has 0 bridgehead atoms. The van der Waals surface area contributed by atoms with E-state index in [2.05, 4.69) is 27.7 Å². The van der Waals surface area contributed by atoms with E-state index in [4.69, 9.17) is 0 Å². The Balaban J connectivity index is 5.52. The van der Waals surface area contributed by atoms with Crippen LogP contribution >= 0.6 is 0 Å². The molecular formula is C21H44O4. The number of unbranched alkanes of at least 4 members (excludes halogenated alkanes) is 2. The summed E-state index contributed by atoms with van der Waals surface area (Å²) < 4.78 is 0. The summed E-state index contributed by atoms with van der Waals surface area (Å²) in [4.78, 5) is 0. The quantitative estimate of drug-likeness (QED) is 0.336. The summed E-state index contributed by atoms with van der Waals surface area (Å²) in [5, 5.41) is 41.5. The molecule has 0 saturated carbocycles. The Hall–Kier alpha value is -0.160. The van der Waals surface area contributed by atoms with E-state index in [1.807, 2.05) is 0 Å². The lowest BCUT2D eigenvalue weighted by molar-refractivity contribution is -0.173. The third kappa shape index (κ3) is 7.16. The average molecular weight is 361 g/mol. The fourth-order valence-electron chi connectivity index (χ4n) is 3.95. The van der Waals surface area contributed by atoms with E-state index in [-0.39, 0.29) is 0 Å². The van der Waals surface area contributed by atoms with Crippen molar-refractivity contribution in [3.63, 3.8) is 0 Å². The molecule has 0 amide bonds. The van der Waals surface area contributed by atoms with Crippen molar-refractivity contribution < 1.29 is 20.4 Å². The summed E-state index contributed by atoms with van der Waals surface area (Å²) in [5.74, 6) is 0.690. The van der Waals surface area contributed by atoms with Gasteiger partial charge in [0.2, 0.25) is 0 Å². The summed E-state index contributed by atoms with van der Waals surface area (Å²) in [6, 6.07) is 0. The summed E-state index contributed by atoms with van der Waals surface area (Å²) in [6.07, 6.45) is 9.56. The number of rotatable bonds is 16. The Labute approximate surface area is 155 Å². The number of hydrogen-bond donors (Lipinski definition) is 4. The normalized spacial score (nSPS) is 17.3. The standard InChI is InChI=1S/C21H44O4/c1-5-9-11-18(7-3)13-21(25,20(15-22,16-23)17-24)14-19(8-4)12-10-6-2/h18-19,22-25H,5-17H2,1-4H3. The fraction of sp³-hybridized carbons (Fsp3) is 1.00. The third-order valence-electron chi connectivity index (χ3n) is 6.23. The molecule has 152 valence electrons. The van der Waals surface area contributed by atoms with E-state index >= 15 is 0 Å². The SMILES string of the molecule is CCCCC(CC)CC(O)(CC(CC)CCCC)C(CO)(CO)CO. The van der Waals surface area contributed by atoms with Gasteiger partial charge in [0.15, 0.2) is 0 Å². The highest BCUT2D eigenvalue weighted by molar-refractivity contribution is 5.00. The lowest BCUT2D eigenvalue weighted by atomic mass is 9.64. The zero-order valence-corrected chi connectivity index (χ0v) is 17.1. The van der Waals surface area contributed by atoms with E-state index in [1.54, 1.807) is 0 Å². The van der Waals surface area contributed by atoms with Gasteiger partial charge in [0.1, 0.15) is 0 Å². The largest absolute Gasteiger partial charge is 0.395 e. The molecule has 0 aromatic rings. The highest BCUT2D eigenvalue weighted by atomic mass is 16.3. The zero-order valence-electron chi connectivity index (χ0n) is 17.1. The lowest BCUT2D eigenvalue weighted by Crippen LogP contribution is -2.57. The Morgan fingerprint density at radius 2 is 1.04 bits per heavy atom. The number of aliphatic hydroxyl groups excluding tert-OH is 3. The van der Waals surface area contributed by atoms with Gasteiger partial charge in [-0.15, -0.1) is 0 Å². The van der Waals surface area contributed by atoms with Gasteiger partial charge in [0.05, 0.1) is 30.8 Å². The molecule has 0 spiro atoms. The van der Waals surface area contributed by atoms with Crippen molar-refractivity contribution in [2.24, 2.45) is 17.3 Å². The van der Waals surface area contributed by atoms with Gasteiger partial charge in [-0.2, -0.15) is 0 Å². The van der Waals surface area contributed by atoms with Gasteiger partial charge < -0.3 is 20.4 Å². The van der Waals surface area contributed by atoms with Crippen LogP contribution < -0.4 is 0 Å². The van der Waals surface area contributed by atoms with E-state index in [0.717, 1.165) is 51.4 Å². The maximum absolute atomic E-state index is 11.6. The Morgan fingerprint density at radius 3 is 1.28 bits per heavy atom. The van der Waals surface area contributed by atoms with Crippen LogP contribution in [0.25, 0.3) is 0 Å². The molecule has 0 radical (unpaired) electrons. The molecule has 4 nitrogen and oxygen atoms in total. The van der Waals surface area contributed by atoms with E-state index < -0.39 is 30.8 Å². The van der Waals surface area contributed by atoms with Gasteiger partial charge in [-0.3, -0.25) is 0 Å². The number of aliphatic hydroxyl groups is 4. The summed E-state index contributed by atoms with van der Waals surface area (Å²) in [5.41, 5.74) is -2.49. The molecule has 4 heteroatoms. The molecule has 2 unspecified atom stereocenters. The first-order valence-electron chi connectivity index (χ1n) is 10.5.